The van der Waals surface area contributed by atoms with Crippen molar-refractivity contribution in [3.05, 3.63) is 65.7 Å². The maximum absolute atomic E-state index is 16.2. The molecular weight excluding hydrogens is 553 g/mol. The molecule has 1 aromatic carbocycles. The summed E-state index contributed by atoms with van der Waals surface area (Å²) >= 11 is 1.39. The Morgan fingerprint density at radius 1 is 1.05 bits per heavy atom. The van der Waals surface area contributed by atoms with E-state index >= 15 is 4.39 Å². The number of nitrogens with zero attached hydrogens (tertiary/aromatic N) is 4. The molecule has 1 fully saturated rings. The van der Waals surface area contributed by atoms with Crippen molar-refractivity contribution >= 4 is 50.8 Å². The first kappa shape index (κ1) is 26.1. The number of carbonyl (C=O) groups excluding carboxylic acids is 2. The molecule has 9 nitrogen and oxygen atoms in total. The quantitative estimate of drug-likeness (QED) is 0.180. The molecule has 1 amide bonds. The van der Waals surface area contributed by atoms with Crippen LogP contribution in [0.1, 0.15) is 48.7 Å². The summed E-state index contributed by atoms with van der Waals surface area (Å²) in [6, 6.07) is 10.7. The van der Waals surface area contributed by atoms with Gasteiger partial charge >= 0.3 is 0 Å². The summed E-state index contributed by atoms with van der Waals surface area (Å²) < 4.78 is 16.2. The summed E-state index contributed by atoms with van der Waals surface area (Å²) in [4.78, 5) is 42.8. The number of hydrogen-bond acceptors (Lipinski definition) is 7. The van der Waals surface area contributed by atoms with Gasteiger partial charge < -0.3 is 10.3 Å². The SMILES string of the molecule is CC(=O)c1ccc(-c2ccnc3nc(-c4n[nH]c5ccc(-c6cncc(NC(=O)C7CCCCC7)c6)c(F)c45)[nH]c23)s1. The van der Waals surface area contributed by atoms with Crippen LogP contribution in [-0.4, -0.2) is 41.8 Å². The van der Waals surface area contributed by atoms with E-state index in [2.05, 4.69) is 35.5 Å². The lowest BCUT2D eigenvalue weighted by Gasteiger charge is -2.20. The lowest BCUT2D eigenvalue weighted by Crippen LogP contribution is -2.24. The summed E-state index contributed by atoms with van der Waals surface area (Å²) in [6.07, 6.45) is 9.88. The number of aromatic amines is 2. The molecule has 0 spiro atoms. The van der Waals surface area contributed by atoms with Gasteiger partial charge in [0, 0.05) is 39.9 Å². The Morgan fingerprint density at radius 3 is 2.71 bits per heavy atom. The van der Waals surface area contributed by atoms with Crippen LogP contribution in [0.15, 0.2) is 55.0 Å². The van der Waals surface area contributed by atoms with E-state index in [-0.39, 0.29) is 23.0 Å². The van der Waals surface area contributed by atoms with Crippen molar-refractivity contribution in [2.75, 3.05) is 5.32 Å². The molecule has 1 saturated carbocycles. The maximum atomic E-state index is 16.2. The van der Waals surface area contributed by atoms with Gasteiger partial charge in [0.05, 0.1) is 33.2 Å². The minimum absolute atomic E-state index is 0.00111. The van der Waals surface area contributed by atoms with Crippen molar-refractivity contribution in [1.29, 1.82) is 0 Å². The van der Waals surface area contributed by atoms with E-state index in [1.807, 2.05) is 12.1 Å². The number of thiophene rings is 1. The van der Waals surface area contributed by atoms with Crippen molar-refractivity contribution < 1.29 is 14.0 Å². The fourth-order valence-corrected chi connectivity index (χ4v) is 6.56. The van der Waals surface area contributed by atoms with Gasteiger partial charge in [-0.1, -0.05) is 19.3 Å². The first-order valence-corrected chi connectivity index (χ1v) is 14.7. The van der Waals surface area contributed by atoms with Crippen LogP contribution in [0.2, 0.25) is 0 Å². The number of aromatic nitrogens is 6. The predicted molar refractivity (Wildman–Crippen MR) is 161 cm³/mol. The van der Waals surface area contributed by atoms with Crippen molar-refractivity contribution in [2.24, 2.45) is 5.92 Å². The molecule has 0 unspecified atom stereocenters. The lowest BCUT2D eigenvalue weighted by molar-refractivity contribution is -0.120. The summed E-state index contributed by atoms with van der Waals surface area (Å²) in [5.41, 5.74) is 4.20. The third kappa shape index (κ3) is 4.65. The van der Waals surface area contributed by atoms with Gasteiger partial charge in [-0.15, -0.1) is 11.3 Å². The van der Waals surface area contributed by atoms with Gasteiger partial charge in [-0.25, -0.2) is 14.4 Å². The summed E-state index contributed by atoms with van der Waals surface area (Å²) in [7, 11) is 0. The number of anilines is 1. The van der Waals surface area contributed by atoms with Gasteiger partial charge in [-0.2, -0.15) is 5.10 Å². The fraction of sp³-hybridized carbons (Fsp3) is 0.226. The Labute approximate surface area is 243 Å². The molecular formula is C31H26FN7O2S. The third-order valence-electron chi connectivity index (χ3n) is 7.79. The van der Waals surface area contributed by atoms with Crippen LogP contribution in [0.25, 0.3) is 55.2 Å². The van der Waals surface area contributed by atoms with Gasteiger partial charge in [0.1, 0.15) is 11.5 Å². The number of hydrogen-bond donors (Lipinski definition) is 3. The van der Waals surface area contributed by atoms with Gasteiger partial charge in [0.15, 0.2) is 17.3 Å². The third-order valence-corrected chi connectivity index (χ3v) is 9.01. The number of pyridine rings is 2. The Kier molecular flexibility index (Phi) is 6.58. The molecule has 0 atom stereocenters. The number of Topliss-reactive ketones (excluding diaryl/α,β-unsaturated/α-hetero) is 1. The van der Waals surface area contributed by atoms with E-state index in [4.69, 9.17) is 0 Å². The van der Waals surface area contributed by atoms with Crippen LogP contribution < -0.4 is 5.32 Å². The first-order valence-electron chi connectivity index (χ1n) is 13.9. The lowest BCUT2D eigenvalue weighted by atomic mass is 9.88. The minimum atomic E-state index is -0.480. The highest BCUT2D eigenvalue weighted by Crippen LogP contribution is 2.37. The molecule has 42 heavy (non-hydrogen) atoms. The second-order valence-electron chi connectivity index (χ2n) is 10.6. The highest BCUT2D eigenvalue weighted by Gasteiger charge is 2.23. The summed E-state index contributed by atoms with van der Waals surface area (Å²) in [5, 5.41) is 10.5. The predicted octanol–water partition coefficient (Wildman–Crippen LogP) is 7.15. The van der Waals surface area contributed by atoms with Crippen molar-refractivity contribution in [1.82, 2.24) is 30.1 Å². The van der Waals surface area contributed by atoms with E-state index in [9.17, 15) is 9.59 Å². The number of halogens is 1. The molecule has 0 bridgehead atoms. The van der Waals surface area contributed by atoms with Crippen LogP contribution in [0, 0.1) is 11.7 Å². The molecule has 0 radical (unpaired) electrons. The van der Waals surface area contributed by atoms with Gasteiger partial charge in [0.2, 0.25) is 5.91 Å². The molecule has 1 aliphatic carbocycles. The zero-order chi connectivity index (χ0) is 28.8. The second kappa shape index (κ2) is 10.6. The van der Waals surface area contributed by atoms with E-state index in [1.54, 1.807) is 42.9 Å². The molecule has 11 heteroatoms. The molecule has 5 heterocycles. The molecule has 5 aromatic heterocycles. The largest absolute Gasteiger partial charge is 0.335 e. The monoisotopic (exact) mass is 579 g/mol. The number of ketones is 1. The zero-order valence-corrected chi connectivity index (χ0v) is 23.5. The molecule has 0 aliphatic heterocycles. The number of imidazole rings is 1. The van der Waals surface area contributed by atoms with Gasteiger partial charge in [-0.3, -0.25) is 19.7 Å². The molecule has 1 aliphatic rings. The number of carbonyl (C=O) groups is 2. The fourth-order valence-electron chi connectivity index (χ4n) is 5.63. The zero-order valence-electron chi connectivity index (χ0n) is 22.7. The Bertz CT molecular complexity index is 1990. The van der Waals surface area contributed by atoms with E-state index in [0.717, 1.165) is 36.1 Å². The van der Waals surface area contributed by atoms with E-state index in [0.29, 0.717) is 49.9 Å². The van der Waals surface area contributed by atoms with Crippen molar-refractivity contribution in [3.8, 4) is 33.1 Å². The van der Waals surface area contributed by atoms with Crippen LogP contribution >= 0.6 is 11.3 Å². The molecule has 6 aromatic rings. The van der Waals surface area contributed by atoms with Crippen molar-refractivity contribution in [3.63, 3.8) is 0 Å². The average Bonchev–Trinajstić information content (AvgIpc) is 3.76. The van der Waals surface area contributed by atoms with Crippen LogP contribution in [0.4, 0.5) is 10.1 Å². The van der Waals surface area contributed by atoms with Gasteiger partial charge in [0.25, 0.3) is 0 Å². The number of fused-ring (bicyclic) bond motifs is 2. The second-order valence-corrected chi connectivity index (χ2v) is 11.7. The molecule has 210 valence electrons. The van der Waals surface area contributed by atoms with E-state index in [1.165, 1.54) is 24.7 Å². The van der Waals surface area contributed by atoms with Gasteiger partial charge in [-0.05, 0) is 56.2 Å². The highest BCUT2D eigenvalue weighted by atomic mass is 32.1. The minimum Gasteiger partial charge on any atom is -0.335 e. The van der Waals surface area contributed by atoms with Crippen molar-refractivity contribution in [2.45, 2.75) is 39.0 Å². The number of rotatable bonds is 6. The van der Waals surface area contributed by atoms with Crippen LogP contribution in [-0.2, 0) is 4.79 Å². The Balaban J connectivity index is 1.25. The number of H-pyrrole nitrogens is 2. The number of benzene rings is 1. The number of nitrogens with one attached hydrogen (secondary N) is 3. The first-order chi connectivity index (χ1) is 20.5. The summed E-state index contributed by atoms with van der Waals surface area (Å²) in [5.74, 6) is -0.129. The number of amides is 1. The average molecular weight is 580 g/mol. The molecule has 3 N–H and O–H groups in total. The van der Waals surface area contributed by atoms with E-state index < -0.39 is 5.82 Å². The molecule has 0 saturated heterocycles. The normalized spacial score (nSPS) is 14.0. The highest BCUT2D eigenvalue weighted by molar-refractivity contribution is 7.17. The Hall–Kier alpha value is -4.77. The van der Waals surface area contributed by atoms with Crippen LogP contribution in [0.5, 0.6) is 0 Å². The Morgan fingerprint density at radius 2 is 1.90 bits per heavy atom. The molecule has 7 rings (SSSR count). The standard InChI is InChI=1S/C31H26FN7O2S/c1-16(40)23-9-10-24(42-23)21-11-12-34-29-27(21)36-30(37-29)28-25-22(38-39-28)8-7-20(26(25)32)18-13-19(15-33-14-18)35-31(41)17-5-3-2-4-6-17/h7-15,17H,2-6H2,1H3,(H,35,41)(H,38,39)(H,34,36,37). The smallest absolute Gasteiger partial charge is 0.227 e. The maximum Gasteiger partial charge on any atom is 0.227 e. The summed E-state index contributed by atoms with van der Waals surface area (Å²) in [6.45, 7) is 1.54. The van der Waals surface area contributed by atoms with Crippen LogP contribution in [0.3, 0.4) is 0 Å². The topological polar surface area (TPSA) is 129 Å².